The monoisotopic (exact) mass is 1280 g/mol. The Morgan fingerprint density at radius 2 is 1.38 bits per heavy atom. The third kappa shape index (κ3) is 20.3. The highest BCUT2D eigenvalue weighted by Gasteiger charge is 2.43. The van der Waals surface area contributed by atoms with Gasteiger partial charge in [-0.05, 0) is 86.9 Å². The van der Waals surface area contributed by atoms with Crippen molar-refractivity contribution in [3.63, 3.8) is 0 Å². The summed E-state index contributed by atoms with van der Waals surface area (Å²) < 4.78 is 0. The second-order valence-electron chi connectivity index (χ2n) is 20.9. The predicted octanol–water partition coefficient (Wildman–Crippen LogP) is 0.557. The van der Waals surface area contributed by atoms with E-state index in [1.165, 1.54) is 87.5 Å². The molecule has 4 aliphatic rings. The number of nitrogens with two attached hydrogens (primary N) is 1. The summed E-state index contributed by atoms with van der Waals surface area (Å²) in [6.07, 6.45) is -2.56. The molecular formula is C54H73N9O15S6. The number of rotatable bonds is 13. The minimum absolute atomic E-state index is 0.0608. The van der Waals surface area contributed by atoms with Crippen LogP contribution in [0.2, 0.25) is 0 Å². The molecule has 13 atom stereocenters. The number of carboxylic acids is 2. The summed E-state index contributed by atoms with van der Waals surface area (Å²) in [5.74, 6) is -9.66. The Morgan fingerprint density at radius 3 is 2.02 bits per heavy atom. The van der Waals surface area contributed by atoms with Crippen molar-refractivity contribution < 1.29 is 73.5 Å². The fourth-order valence-electron chi connectivity index (χ4n) is 9.89. The number of fused-ring (bicyclic) bond motifs is 11. The van der Waals surface area contributed by atoms with Crippen LogP contribution < -0.4 is 43.0 Å². The molecule has 4 fully saturated rings. The molecule has 3 bridgehead atoms. The third-order valence-corrected chi connectivity index (χ3v) is 21.9. The van der Waals surface area contributed by atoms with Crippen LogP contribution in [0.5, 0.6) is 11.5 Å². The van der Waals surface area contributed by atoms with Crippen LogP contribution in [0.1, 0.15) is 57.1 Å². The first kappa shape index (κ1) is 68.1. The maximum atomic E-state index is 15.9. The van der Waals surface area contributed by atoms with E-state index in [2.05, 4.69) is 43.8 Å². The van der Waals surface area contributed by atoms with E-state index in [0.717, 1.165) is 32.4 Å². The molecule has 0 spiro atoms. The third-order valence-electron chi connectivity index (χ3n) is 14.6. The average molecular weight is 1280 g/mol. The molecule has 0 radical (unpaired) electrons. The lowest BCUT2D eigenvalue weighted by Crippen LogP contribution is -2.61. The van der Waals surface area contributed by atoms with E-state index < -0.39 is 157 Å². The number of hydrogen-bond donors (Lipinski definition) is 13. The summed E-state index contributed by atoms with van der Waals surface area (Å²) in [7, 11) is 7.21. The van der Waals surface area contributed by atoms with Gasteiger partial charge >= 0.3 is 11.9 Å². The van der Waals surface area contributed by atoms with Gasteiger partial charge in [0.15, 0.2) is 17.3 Å². The van der Waals surface area contributed by atoms with Crippen LogP contribution in [-0.4, -0.2) is 209 Å². The molecule has 14 N–H and O–H groups in total. The number of carbonyl (C=O) groups excluding carboxylic acids is 8. The highest BCUT2D eigenvalue weighted by molar-refractivity contribution is 8.77. The molecule has 5 unspecified atom stereocenters. The molecule has 4 aliphatic heterocycles. The van der Waals surface area contributed by atoms with Crippen LogP contribution in [0, 0.1) is 5.92 Å². The van der Waals surface area contributed by atoms with Crippen molar-refractivity contribution in [1.29, 1.82) is 0 Å². The number of ketones is 3. The molecule has 30 heteroatoms. The van der Waals surface area contributed by atoms with Gasteiger partial charge < -0.3 is 57.4 Å². The standard InChI is InChI=1S/C54H73N9O15S6/c1-27-21-79-82-24-40-34-22-80-83-25-41(60-38(54(77)78)18-31-8-12-33(66)13-9-31)44(67)20-56-52(75)47(29(3)64)61-42(48(71)28(2)57-51(74)43-5-4-16-63(43)53(76)37(59-40)19-45(55)68)26-84-81-23-39(27)58-35(14-15-46(69)70)50(73)62-36(49(34)72)17-30-6-10-32(65)11-7-30/h6-13,28-29,34-43,47,58-61,64-66H,1,4-5,14-26H2,2-3H3,(H2,55,68)(H,56,75)(H,57,74)(H,62,73)(H,69,70)(H,77,78)/t28-,29+,34?,35-,36-,37-,38-,39?,40?,41?,42?,43-,47-/m0/s1. The zero-order valence-electron chi connectivity index (χ0n) is 46.2. The number of nitrogens with one attached hydrogen (secondary N) is 7. The van der Waals surface area contributed by atoms with E-state index in [-0.39, 0.29) is 78.2 Å². The fourth-order valence-corrected chi connectivity index (χ4v) is 17.4. The maximum Gasteiger partial charge on any atom is 0.321 e. The van der Waals surface area contributed by atoms with Crippen LogP contribution in [-0.2, 0) is 60.8 Å². The van der Waals surface area contributed by atoms with Gasteiger partial charge in [-0.3, -0.25) is 63.9 Å². The zero-order valence-corrected chi connectivity index (χ0v) is 51.1. The second-order valence-corrected chi connectivity index (χ2v) is 28.5. The summed E-state index contributed by atoms with van der Waals surface area (Å²) >= 11 is 0. The smallest absolute Gasteiger partial charge is 0.321 e. The number of hydrogen-bond acceptors (Lipinski definition) is 23. The van der Waals surface area contributed by atoms with Crippen LogP contribution in [0.15, 0.2) is 60.7 Å². The Kier molecular flexibility index (Phi) is 26.9. The number of aliphatic hydroxyl groups is 1. The molecule has 0 aromatic heterocycles. The average Bonchev–Trinajstić information content (AvgIpc) is 3.54. The first-order valence-electron chi connectivity index (χ1n) is 27.2. The molecule has 6 rings (SSSR count). The van der Waals surface area contributed by atoms with Crippen LogP contribution >= 0.6 is 64.8 Å². The van der Waals surface area contributed by atoms with Crippen LogP contribution in [0.25, 0.3) is 0 Å². The first-order valence-corrected chi connectivity index (χ1v) is 34.7. The number of aromatic hydroxyl groups is 2. The molecule has 84 heavy (non-hydrogen) atoms. The number of primary amides is 1. The number of nitrogens with zero attached hydrogens (tertiary/aromatic N) is 1. The summed E-state index contributed by atoms with van der Waals surface area (Å²) in [5.41, 5.74) is 7.45. The molecule has 460 valence electrons. The van der Waals surface area contributed by atoms with Crippen molar-refractivity contribution in [2.24, 2.45) is 11.7 Å². The number of carboxylic acid groups (broad SMARTS) is 2. The Morgan fingerprint density at radius 1 is 0.750 bits per heavy atom. The summed E-state index contributed by atoms with van der Waals surface area (Å²) in [6.45, 7) is 6.48. The quantitative estimate of drug-likeness (QED) is 0.0962. The highest BCUT2D eigenvalue weighted by Crippen LogP contribution is 2.35. The maximum absolute atomic E-state index is 15.9. The second kappa shape index (κ2) is 33.2. The number of benzene rings is 2. The Hall–Kier alpha value is -5.02. The lowest BCUT2D eigenvalue weighted by Gasteiger charge is -2.35. The van der Waals surface area contributed by atoms with E-state index in [0.29, 0.717) is 23.1 Å². The molecule has 0 aliphatic carbocycles. The number of carbonyl (C=O) groups is 10. The largest absolute Gasteiger partial charge is 0.508 e. The number of aliphatic hydroxyl groups excluding tert-OH is 1. The Bertz CT molecular complexity index is 2700. The number of phenolic OH excluding ortho intramolecular Hbond substituents is 2. The van der Waals surface area contributed by atoms with Gasteiger partial charge in [0.25, 0.3) is 0 Å². The van der Waals surface area contributed by atoms with E-state index >= 15 is 9.59 Å². The molecule has 5 amide bonds. The van der Waals surface area contributed by atoms with Crippen molar-refractivity contribution in [2.45, 2.75) is 131 Å². The van der Waals surface area contributed by atoms with Crippen LogP contribution in [0.3, 0.4) is 0 Å². The van der Waals surface area contributed by atoms with E-state index in [4.69, 9.17) is 5.73 Å². The number of aliphatic carboxylic acids is 2. The molecule has 2 aromatic rings. The predicted molar refractivity (Wildman–Crippen MR) is 326 cm³/mol. The Labute approximate surface area is 510 Å². The minimum Gasteiger partial charge on any atom is -0.508 e. The van der Waals surface area contributed by atoms with Crippen molar-refractivity contribution in [1.82, 2.24) is 42.1 Å². The van der Waals surface area contributed by atoms with Crippen molar-refractivity contribution in [2.75, 3.05) is 47.6 Å². The molecule has 4 heterocycles. The SMILES string of the molecule is C=C1CSSCC2N[C@@H](CC(N)=O)C(=O)N3CCC[C@H]3C(=O)N[C@@H](C)C(=O)C3CSSCC1N[C@@H](CCC(=O)O)C(=O)N[C@@H](Cc1ccc(O)cc1)C(=O)C2CSSCC(N[C@@H](Cc1ccc(O)cc1)C(=O)O)C(=O)CNC(=O)[C@H]([C@@H](C)O)N3. The van der Waals surface area contributed by atoms with Crippen molar-refractivity contribution in [3.8, 4) is 11.5 Å². The molecule has 2 aromatic carbocycles. The summed E-state index contributed by atoms with van der Waals surface area (Å²) in [6, 6.07) is -2.06. The Balaban J connectivity index is 1.55. The molecular weight excluding hydrogens is 1210 g/mol. The number of phenols is 2. The summed E-state index contributed by atoms with van der Waals surface area (Å²) in [4.78, 5) is 143. The topological polar surface area (TPSA) is 385 Å². The van der Waals surface area contributed by atoms with E-state index in [1.807, 2.05) is 0 Å². The van der Waals surface area contributed by atoms with Crippen LogP contribution in [0.4, 0.5) is 0 Å². The van der Waals surface area contributed by atoms with E-state index in [9.17, 15) is 63.9 Å². The number of Topliss-reactive ketones (excluding diaryl/α,β-unsaturated/α-hetero) is 3. The van der Waals surface area contributed by atoms with Crippen molar-refractivity contribution in [3.05, 3.63) is 71.8 Å². The first-order chi connectivity index (χ1) is 40.0. The zero-order chi connectivity index (χ0) is 61.2. The van der Waals surface area contributed by atoms with Gasteiger partial charge in [0, 0.05) is 65.5 Å². The molecule has 4 saturated heterocycles. The van der Waals surface area contributed by atoms with Gasteiger partial charge in [0.1, 0.15) is 29.6 Å². The number of amides is 5. The normalized spacial score (nSPS) is 28.9. The fraction of sp³-hybridized carbons (Fsp3) is 0.556. The molecule has 24 nitrogen and oxygen atoms in total. The van der Waals surface area contributed by atoms with Gasteiger partial charge in [-0.2, -0.15) is 0 Å². The van der Waals surface area contributed by atoms with E-state index in [1.54, 1.807) is 12.1 Å². The van der Waals surface area contributed by atoms with Gasteiger partial charge in [0.2, 0.25) is 29.5 Å². The van der Waals surface area contributed by atoms with Gasteiger partial charge in [-0.25, -0.2) is 0 Å². The lowest BCUT2D eigenvalue weighted by atomic mass is 9.89. The lowest BCUT2D eigenvalue weighted by molar-refractivity contribution is -0.142. The molecule has 0 saturated carbocycles. The van der Waals surface area contributed by atoms with Gasteiger partial charge in [0.05, 0.1) is 55.3 Å². The highest BCUT2D eigenvalue weighted by atomic mass is 33.1. The van der Waals surface area contributed by atoms with Crippen molar-refractivity contribution >= 4 is 124 Å². The van der Waals surface area contributed by atoms with Gasteiger partial charge in [-0.15, -0.1) is 0 Å². The summed E-state index contributed by atoms with van der Waals surface area (Å²) in [5, 5.41) is 72.5. The minimum atomic E-state index is -1.55. The van der Waals surface area contributed by atoms with Gasteiger partial charge in [-0.1, -0.05) is 95.6 Å².